The van der Waals surface area contributed by atoms with Gasteiger partial charge in [-0.05, 0) is 32.8 Å². The minimum Gasteiger partial charge on any atom is -0.394 e. The summed E-state index contributed by atoms with van der Waals surface area (Å²) in [5.74, 6) is 0.739. The highest BCUT2D eigenvalue weighted by Crippen LogP contribution is 2.42. The Labute approximate surface area is 156 Å². The highest BCUT2D eigenvalue weighted by molar-refractivity contribution is 5.69. The first-order valence-corrected chi connectivity index (χ1v) is 8.94. The number of nitriles is 1. The number of aryl methyl sites for hydroxylation is 2. The molecule has 0 unspecified atom stereocenters. The van der Waals surface area contributed by atoms with Gasteiger partial charge >= 0.3 is 0 Å². The van der Waals surface area contributed by atoms with E-state index in [1.165, 1.54) is 4.52 Å². The predicted octanol–water partition coefficient (Wildman–Crippen LogP) is 1.13. The van der Waals surface area contributed by atoms with Crippen LogP contribution < -0.4 is 11.1 Å². The average Bonchev–Trinajstić information content (AvgIpc) is 3.23. The molecule has 140 valence electrons. The first-order valence-electron chi connectivity index (χ1n) is 8.94. The van der Waals surface area contributed by atoms with Gasteiger partial charge in [0.05, 0.1) is 23.5 Å². The Hall–Kier alpha value is -3.12. The van der Waals surface area contributed by atoms with Gasteiger partial charge in [-0.25, -0.2) is 4.98 Å². The molecule has 1 saturated carbocycles. The Morgan fingerprint density at radius 2 is 2.15 bits per heavy atom. The second-order valence-electron chi connectivity index (χ2n) is 7.09. The number of nitrogens with two attached hydrogens (primary N) is 1. The van der Waals surface area contributed by atoms with Crippen LogP contribution in [0.4, 0.5) is 11.6 Å². The van der Waals surface area contributed by atoms with Crippen molar-refractivity contribution in [2.24, 2.45) is 0 Å². The molecular formula is C18H22N8O. The van der Waals surface area contributed by atoms with Crippen LogP contribution in [0.25, 0.3) is 5.65 Å². The maximum absolute atomic E-state index is 9.51. The first-order chi connectivity index (χ1) is 13.0. The first kappa shape index (κ1) is 17.3. The van der Waals surface area contributed by atoms with Crippen molar-refractivity contribution in [1.82, 2.24) is 24.4 Å². The lowest BCUT2D eigenvalue weighted by Crippen LogP contribution is -2.22. The highest BCUT2D eigenvalue weighted by Gasteiger charge is 2.44. The fourth-order valence-corrected chi connectivity index (χ4v) is 3.19. The molecule has 1 fully saturated rings. The molecule has 0 saturated heterocycles. The summed E-state index contributed by atoms with van der Waals surface area (Å²) in [7, 11) is 0. The lowest BCUT2D eigenvalue weighted by atomic mass is 10.2. The van der Waals surface area contributed by atoms with E-state index in [2.05, 4.69) is 26.6 Å². The smallest absolute Gasteiger partial charge is 0.162 e. The Morgan fingerprint density at radius 3 is 2.81 bits per heavy atom. The molecular weight excluding hydrogens is 344 g/mol. The number of nitrogens with one attached hydrogen (secondary N) is 1. The van der Waals surface area contributed by atoms with Crippen LogP contribution in [0.1, 0.15) is 35.4 Å². The quantitative estimate of drug-likeness (QED) is 0.596. The van der Waals surface area contributed by atoms with Crippen molar-refractivity contribution in [2.45, 2.75) is 38.6 Å². The summed E-state index contributed by atoms with van der Waals surface area (Å²) in [4.78, 5) is 4.55. The number of nitrogen functional groups attached to an aromatic ring is 1. The van der Waals surface area contributed by atoms with E-state index < -0.39 is 0 Å². The fourth-order valence-electron chi connectivity index (χ4n) is 3.19. The normalized spacial score (nSPS) is 15.0. The summed E-state index contributed by atoms with van der Waals surface area (Å²) >= 11 is 0. The molecule has 0 bridgehead atoms. The van der Waals surface area contributed by atoms with Gasteiger partial charge in [-0.15, -0.1) is 0 Å². The second-order valence-corrected chi connectivity index (χ2v) is 7.09. The molecule has 9 heteroatoms. The molecule has 3 heterocycles. The summed E-state index contributed by atoms with van der Waals surface area (Å²) < 4.78 is 3.38. The van der Waals surface area contributed by atoms with Gasteiger partial charge < -0.3 is 16.2 Å². The maximum Gasteiger partial charge on any atom is 0.162 e. The van der Waals surface area contributed by atoms with Gasteiger partial charge in [-0.2, -0.15) is 20.0 Å². The molecule has 1 aliphatic rings. The van der Waals surface area contributed by atoms with Gasteiger partial charge in [0.1, 0.15) is 23.3 Å². The number of fused-ring (bicyclic) bond motifs is 1. The average molecular weight is 366 g/mol. The van der Waals surface area contributed by atoms with Crippen molar-refractivity contribution in [3.63, 3.8) is 0 Å². The fraction of sp³-hybridized carbons (Fsp3) is 0.444. The van der Waals surface area contributed by atoms with Crippen molar-refractivity contribution >= 4 is 17.3 Å². The zero-order valence-corrected chi connectivity index (χ0v) is 15.4. The van der Waals surface area contributed by atoms with Crippen LogP contribution >= 0.6 is 0 Å². The minimum absolute atomic E-state index is 0.116. The van der Waals surface area contributed by atoms with Crippen LogP contribution in [0.3, 0.4) is 0 Å². The van der Waals surface area contributed by atoms with Crippen molar-refractivity contribution in [1.29, 1.82) is 5.26 Å². The van der Waals surface area contributed by atoms with E-state index in [9.17, 15) is 10.4 Å². The summed E-state index contributed by atoms with van der Waals surface area (Å²) in [5, 5.41) is 31.1. The molecule has 3 aromatic rings. The summed E-state index contributed by atoms with van der Waals surface area (Å²) in [6, 6.07) is 4.07. The van der Waals surface area contributed by atoms with Gasteiger partial charge in [0.15, 0.2) is 5.65 Å². The standard InChI is InChI=1S/C18H22N8O/c1-11-12(2)23-26-15(20)14(9-19)16(22-17(11)26)21-7-3-13-4-8-25(24-13)18(10-27)5-6-18/h4,8,27H,3,5-7,10,20H2,1-2H3,(H,21,22). The monoisotopic (exact) mass is 366 g/mol. The largest absolute Gasteiger partial charge is 0.394 e. The highest BCUT2D eigenvalue weighted by atomic mass is 16.3. The van der Waals surface area contributed by atoms with Crippen LogP contribution in [-0.4, -0.2) is 42.6 Å². The van der Waals surface area contributed by atoms with Crippen LogP contribution in [0.2, 0.25) is 0 Å². The Bertz CT molecular complexity index is 1050. The van der Waals surface area contributed by atoms with Crippen molar-refractivity contribution in [3.05, 3.63) is 34.8 Å². The molecule has 27 heavy (non-hydrogen) atoms. The third-order valence-electron chi connectivity index (χ3n) is 5.30. The zero-order chi connectivity index (χ0) is 19.2. The molecule has 0 atom stereocenters. The zero-order valence-electron chi connectivity index (χ0n) is 15.4. The third-order valence-corrected chi connectivity index (χ3v) is 5.30. The molecule has 3 aromatic heterocycles. The van der Waals surface area contributed by atoms with E-state index in [0.717, 1.165) is 29.8 Å². The van der Waals surface area contributed by atoms with E-state index in [1.54, 1.807) is 0 Å². The van der Waals surface area contributed by atoms with Crippen LogP contribution in [0.15, 0.2) is 12.3 Å². The van der Waals surface area contributed by atoms with E-state index in [-0.39, 0.29) is 23.5 Å². The Balaban J connectivity index is 1.52. The van der Waals surface area contributed by atoms with E-state index >= 15 is 0 Å². The van der Waals surface area contributed by atoms with Crippen LogP contribution in [-0.2, 0) is 12.0 Å². The SMILES string of the molecule is Cc1nn2c(N)c(C#N)c(NCCc3ccn(C4(CO)CC4)n3)nc2c1C. The molecule has 4 rings (SSSR count). The lowest BCUT2D eigenvalue weighted by molar-refractivity contribution is 0.202. The third kappa shape index (κ3) is 2.78. The molecule has 0 aromatic carbocycles. The van der Waals surface area contributed by atoms with E-state index in [4.69, 9.17) is 5.73 Å². The number of hydrogen-bond acceptors (Lipinski definition) is 7. The van der Waals surface area contributed by atoms with Gasteiger partial charge in [0.2, 0.25) is 0 Å². The predicted molar refractivity (Wildman–Crippen MR) is 100 cm³/mol. The number of rotatable bonds is 6. The Morgan fingerprint density at radius 1 is 1.37 bits per heavy atom. The lowest BCUT2D eigenvalue weighted by Gasteiger charge is -2.12. The van der Waals surface area contributed by atoms with Crippen LogP contribution in [0, 0.1) is 25.2 Å². The van der Waals surface area contributed by atoms with Crippen molar-refractivity contribution in [3.8, 4) is 6.07 Å². The summed E-state index contributed by atoms with van der Waals surface area (Å²) in [6.45, 7) is 4.50. The van der Waals surface area contributed by atoms with E-state index in [1.807, 2.05) is 30.8 Å². The number of hydrogen-bond donors (Lipinski definition) is 3. The summed E-state index contributed by atoms with van der Waals surface area (Å²) in [5.41, 5.74) is 9.55. The molecule has 1 aliphatic carbocycles. The number of aromatic nitrogens is 5. The minimum atomic E-state index is -0.196. The van der Waals surface area contributed by atoms with Gasteiger partial charge in [-0.3, -0.25) is 4.68 Å². The number of anilines is 2. The molecule has 0 aliphatic heterocycles. The van der Waals surface area contributed by atoms with Gasteiger partial charge in [-0.1, -0.05) is 0 Å². The number of aliphatic hydroxyl groups is 1. The van der Waals surface area contributed by atoms with Crippen molar-refractivity contribution in [2.75, 3.05) is 24.2 Å². The Kier molecular flexibility index (Phi) is 4.00. The molecule has 0 amide bonds. The van der Waals surface area contributed by atoms with Crippen LogP contribution in [0.5, 0.6) is 0 Å². The van der Waals surface area contributed by atoms with Crippen molar-refractivity contribution < 1.29 is 5.11 Å². The maximum atomic E-state index is 9.51. The second kappa shape index (κ2) is 6.25. The van der Waals surface area contributed by atoms with Gasteiger partial charge in [0, 0.05) is 24.7 Å². The number of nitrogens with zero attached hydrogens (tertiary/aromatic N) is 6. The molecule has 4 N–H and O–H groups in total. The van der Waals surface area contributed by atoms with E-state index in [0.29, 0.717) is 24.4 Å². The van der Waals surface area contributed by atoms with Gasteiger partial charge in [0.25, 0.3) is 0 Å². The topological polar surface area (TPSA) is 130 Å². The number of aliphatic hydroxyl groups excluding tert-OH is 1. The summed E-state index contributed by atoms with van der Waals surface area (Å²) in [6.07, 6.45) is 4.51. The molecule has 0 radical (unpaired) electrons. The molecule has 9 nitrogen and oxygen atoms in total. The molecule has 0 spiro atoms.